The summed E-state index contributed by atoms with van der Waals surface area (Å²) in [7, 11) is 1.63. The van der Waals surface area contributed by atoms with Gasteiger partial charge < -0.3 is 9.72 Å². The maximum absolute atomic E-state index is 13.5. The Balaban J connectivity index is 2.12. The van der Waals surface area contributed by atoms with E-state index in [9.17, 15) is 4.39 Å². The summed E-state index contributed by atoms with van der Waals surface area (Å²) in [4.78, 5) is 7.66. The van der Waals surface area contributed by atoms with Crippen LogP contribution in [0, 0.1) is 12.7 Å². The van der Waals surface area contributed by atoms with Crippen LogP contribution in [-0.4, -0.2) is 17.1 Å². The van der Waals surface area contributed by atoms with Gasteiger partial charge in [0.1, 0.15) is 17.4 Å². The molecule has 3 nitrogen and oxygen atoms in total. The molecule has 0 spiro atoms. The lowest BCUT2D eigenvalue weighted by Gasteiger charge is -2.00. The van der Waals surface area contributed by atoms with E-state index in [1.54, 1.807) is 20.1 Å². The second kappa shape index (κ2) is 4.39. The second-order valence-corrected chi connectivity index (χ2v) is 4.38. The number of methoxy groups -OCH3 is 1. The topological polar surface area (TPSA) is 37.9 Å². The fourth-order valence-corrected chi connectivity index (χ4v) is 2.07. The number of nitrogens with zero attached hydrogens (tertiary/aromatic N) is 1. The van der Waals surface area contributed by atoms with E-state index in [0.717, 1.165) is 22.7 Å². The van der Waals surface area contributed by atoms with Crippen LogP contribution in [0.25, 0.3) is 22.4 Å². The number of ether oxygens (including phenoxy) is 1. The normalized spacial score (nSPS) is 10.9. The predicted octanol–water partition coefficient (Wildman–Crippen LogP) is 3.69. The molecule has 3 rings (SSSR count). The Kier molecular flexibility index (Phi) is 2.71. The molecule has 0 unspecified atom stereocenters. The van der Waals surface area contributed by atoms with E-state index in [0.29, 0.717) is 11.1 Å². The molecule has 1 aromatic heterocycles. The average molecular weight is 256 g/mol. The number of nitrogens with one attached hydrogen (secondary N) is 1. The number of fused-ring (bicyclic) bond motifs is 1. The first kappa shape index (κ1) is 11.7. The van der Waals surface area contributed by atoms with Gasteiger partial charge >= 0.3 is 0 Å². The Morgan fingerprint density at radius 3 is 2.53 bits per heavy atom. The summed E-state index contributed by atoms with van der Waals surface area (Å²) < 4.78 is 18.6. The molecule has 96 valence electrons. The van der Waals surface area contributed by atoms with Crippen LogP contribution in [0.2, 0.25) is 0 Å². The van der Waals surface area contributed by atoms with Crippen molar-refractivity contribution < 1.29 is 9.13 Å². The van der Waals surface area contributed by atoms with Gasteiger partial charge in [-0.15, -0.1) is 0 Å². The number of H-pyrrole nitrogens is 1. The molecule has 0 amide bonds. The lowest BCUT2D eigenvalue weighted by atomic mass is 10.2. The van der Waals surface area contributed by atoms with Gasteiger partial charge in [-0.3, -0.25) is 0 Å². The number of rotatable bonds is 2. The Morgan fingerprint density at radius 2 is 1.84 bits per heavy atom. The predicted molar refractivity (Wildman–Crippen MR) is 72.8 cm³/mol. The molecule has 1 heterocycles. The van der Waals surface area contributed by atoms with Crippen LogP contribution in [0.5, 0.6) is 5.75 Å². The van der Waals surface area contributed by atoms with Crippen LogP contribution in [-0.2, 0) is 0 Å². The molecule has 2 aromatic carbocycles. The van der Waals surface area contributed by atoms with Crippen molar-refractivity contribution in [3.05, 3.63) is 47.8 Å². The van der Waals surface area contributed by atoms with Gasteiger partial charge in [-0.1, -0.05) is 0 Å². The molecule has 0 aliphatic rings. The number of imidazole rings is 1. The van der Waals surface area contributed by atoms with Crippen molar-refractivity contribution in [2.75, 3.05) is 7.11 Å². The summed E-state index contributed by atoms with van der Waals surface area (Å²) in [5.41, 5.74) is 3.01. The van der Waals surface area contributed by atoms with Gasteiger partial charge in [-0.05, 0) is 43.3 Å². The molecule has 0 atom stereocenters. The highest BCUT2D eigenvalue weighted by molar-refractivity contribution is 5.82. The van der Waals surface area contributed by atoms with Gasteiger partial charge in [0.15, 0.2) is 0 Å². The van der Waals surface area contributed by atoms with Gasteiger partial charge in [0.2, 0.25) is 0 Å². The van der Waals surface area contributed by atoms with Gasteiger partial charge in [0.25, 0.3) is 0 Å². The van der Waals surface area contributed by atoms with E-state index in [1.807, 2.05) is 24.3 Å². The zero-order valence-electron chi connectivity index (χ0n) is 10.7. The third kappa shape index (κ3) is 1.95. The van der Waals surface area contributed by atoms with Gasteiger partial charge in [-0.2, -0.15) is 0 Å². The molecule has 0 aliphatic heterocycles. The van der Waals surface area contributed by atoms with Crippen LogP contribution in [0.3, 0.4) is 0 Å². The molecule has 0 saturated carbocycles. The van der Waals surface area contributed by atoms with Crippen LogP contribution in [0.1, 0.15) is 5.56 Å². The molecular formula is C15H13FN2O. The highest BCUT2D eigenvalue weighted by Crippen LogP contribution is 2.25. The van der Waals surface area contributed by atoms with Crippen molar-refractivity contribution in [2.45, 2.75) is 6.92 Å². The monoisotopic (exact) mass is 256 g/mol. The number of benzene rings is 2. The van der Waals surface area contributed by atoms with Gasteiger partial charge in [0, 0.05) is 11.1 Å². The van der Waals surface area contributed by atoms with Crippen LogP contribution in [0.4, 0.5) is 4.39 Å². The maximum atomic E-state index is 13.5. The minimum Gasteiger partial charge on any atom is -0.497 e. The first-order valence-corrected chi connectivity index (χ1v) is 5.98. The van der Waals surface area contributed by atoms with Crippen LogP contribution in [0.15, 0.2) is 36.4 Å². The second-order valence-electron chi connectivity index (χ2n) is 4.38. The number of halogens is 1. The molecule has 3 aromatic rings. The number of aromatic amines is 1. The van der Waals surface area contributed by atoms with Gasteiger partial charge in [0.05, 0.1) is 18.1 Å². The smallest absolute Gasteiger partial charge is 0.138 e. The van der Waals surface area contributed by atoms with E-state index in [4.69, 9.17) is 4.74 Å². The zero-order valence-corrected chi connectivity index (χ0v) is 10.7. The standard InChI is InChI=1S/C15H13FN2O/c1-9-12(16)7-8-13-14(9)18-15(17-13)10-3-5-11(19-2)6-4-10/h3-8H,1-2H3,(H,17,18). The molecule has 0 bridgehead atoms. The van der Waals surface area contributed by atoms with Crippen LogP contribution < -0.4 is 4.74 Å². The van der Waals surface area contributed by atoms with E-state index >= 15 is 0 Å². The van der Waals surface area contributed by atoms with Crippen molar-refractivity contribution in [1.82, 2.24) is 9.97 Å². The number of hydrogen-bond donors (Lipinski definition) is 1. The summed E-state index contributed by atoms with van der Waals surface area (Å²) in [5, 5.41) is 0. The Hall–Kier alpha value is -2.36. The zero-order chi connectivity index (χ0) is 13.4. The Labute approximate surface area is 110 Å². The molecule has 4 heteroatoms. The maximum Gasteiger partial charge on any atom is 0.138 e. The van der Waals surface area contributed by atoms with E-state index in [1.165, 1.54) is 6.07 Å². The summed E-state index contributed by atoms with van der Waals surface area (Å²) in [5.74, 6) is 1.29. The van der Waals surface area contributed by atoms with Crippen molar-refractivity contribution >= 4 is 11.0 Å². The lowest BCUT2D eigenvalue weighted by Crippen LogP contribution is -1.84. The third-order valence-corrected chi connectivity index (χ3v) is 3.21. The van der Waals surface area contributed by atoms with Crippen molar-refractivity contribution in [3.8, 4) is 17.1 Å². The molecule has 0 radical (unpaired) electrons. The molecule has 0 aliphatic carbocycles. The number of aromatic nitrogens is 2. The van der Waals surface area contributed by atoms with E-state index in [-0.39, 0.29) is 5.82 Å². The Morgan fingerprint density at radius 1 is 1.11 bits per heavy atom. The third-order valence-electron chi connectivity index (χ3n) is 3.21. The molecule has 19 heavy (non-hydrogen) atoms. The quantitative estimate of drug-likeness (QED) is 0.759. The first-order chi connectivity index (χ1) is 9.19. The number of hydrogen-bond acceptors (Lipinski definition) is 2. The number of aryl methyl sites for hydroxylation is 1. The molecule has 0 fully saturated rings. The van der Waals surface area contributed by atoms with E-state index in [2.05, 4.69) is 9.97 Å². The summed E-state index contributed by atoms with van der Waals surface area (Å²) >= 11 is 0. The van der Waals surface area contributed by atoms with Crippen molar-refractivity contribution in [1.29, 1.82) is 0 Å². The average Bonchev–Trinajstić information content (AvgIpc) is 2.88. The summed E-state index contributed by atoms with van der Waals surface area (Å²) in [6.45, 7) is 1.73. The van der Waals surface area contributed by atoms with Crippen molar-refractivity contribution in [2.24, 2.45) is 0 Å². The minimum atomic E-state index is -0.236. The van der Waals surface area contributed by atoms with Gasteiger partial charge in [-0.25, -0.2) is 9.37 Å². The summed E-state index contributed by atoms with van der Waals surface area (Å²) in [6, 6.07) is 10.7. The molecular weight excluding hydrogens is 243 g/mol. The molecule has 1 N–H and O–H groups in total. The van der Waals surface area contributed by atoms with Crippen LogP contribution >= 0.6 is 0 Å². The minimum absolute atomic E-state index is 0.236. The largest absolute Gasteiger partial charge is 0.497 e. The fourth-order valence-electron chi connectivity index (χ4n) is 2.07. The SMILES string of the molecule is COc1ccc(-c2nc3c(C)c(F)ccc3[nH]2)cc1. The van der Waals surface area contributed by atoms with E-state index < -0.39 is 0 Å². The first-order valence-electron chi connectivity index (χ1n) is 5.98. The van der Waals surface area contributed by atoms with Crippen molar-refractivity contribution in [3.63, 3.8) is 0 Å². The Bertz CT molecular complexity index is 732. The fraction of sp³-hybridized carbons (Fsp3) is 0.133. The lowest BCUT2D eigenvalue weighted by molar-refractivity contribution is 0.415. The highest BCUT2D eigenvalue weighted by atomic mass is 19.1. The summed E-state index contributed by atoms with van der Waals surface area (Å²) in [6.07, 6.45) is 0. The molecule has 0 saturated heterocycles. The highest BCUT2D eigenvalue weighted by Gasteiger charge is 2.09.